The lowest BCUT2D eigenvalue weighted by Gasteiger charge is -2.27. The van der Waals surface area contributed by atoms with Crippen LogP contribution in [0.5, 0.6) is 0 Å². The maximum Gasteiger partial charge on any atom is 0.303 e. The minimum absolute atomic E-state index is 0.0359. The van der Waals surface area contributed by atoms with Crippen molar-refractivity contribution in [3.05, 3.63) is 101 Å². The van der Waals surface area contributed by atoms with Crippen LogP contribution in [0.25, 0.3) is 0 Å². The van der Waals surface area contributed by atoms with Gasteiger partial charge in [-0.05, 0) is 66.9 Å². The van der Waals surface area contributed by atoms with Crippen molar-refractivity contribution in [3.8, 4) is 0 Å². The van der Waals surface area contributed by atoms with Gasteiger partial charge in [-0.1, -0.05) is 55.0 Å². The summed E-state index contributed by atoms with van der Waals surface area (Å²) in [7, 11) is -1.14. The van der Waals surface area contributed by atoms with Crippen LogP contribution < -0.4 is 9.62 Å². The SMILES string of the molecule is CN(C)S(=O)(=O)N(Cc1ccc(C(=O)NCc2ccccc2CN2CCCCC2)cc1)c1ccccc1F. The van der Waals surface area contributed by atoms with Crippen LogP contribution in [0.1, 0.15) is 46.3 Å². The molecule has 1 aliphatic heterocycles. The molecule has 3 aromatic carbocycles. The van der Waals surface area contributed by atoms with Crippen molar-refractivity contribution < 1.29 is 17.6 Å². The van der Waals surface area contributed by atoms with E-state index in [1.165, 1.54) is 57.1 Å². The summed E-state index contributed by atoms with van der Waals surface area (Å²) in [4.78, 5) is 15.3. The Morgan fingerprint density at radius 3 is 2.18 bits per heavy atom. The second-order valence-electron chi connectivity index (χ2n) is 9.73. The third-order valence-corrected chi connectivity index (χ3v) is 8.61. The fourth-order valence-corrected chi connectivity index (χ4v) is 5.69. The van der Waals surface area contributed by atoms with Crippen molar-refractivity contribution in [2.75, 3.05) is 31.5 Å². The number of halogens is 1. The second kappa shape index (κ2) is 12.5. The molecule has 1 N–H and O–H groups in total. The van der Waals surface area contributed by atoms with Gasteiger partial charge < -0.3 is 5.32 Å². The summed E-state index contributed by atoms with van der Waals surface area (Å²) >= 11 is 0. The number of piperidine rings is 1. The Kier molecular flexibility index (Phi) is 9.14. The van der Waals surface area contributed by atoms with Crippen LogP contribution in [0.15, 0.2) is 72.8 Å². The molecule has 7 nitrogen and oxygen atoms in total. The van der Waals surface area contributed by atoms with Crippen LogP contribution in [-0.2, 0) is 29.8 Å². The smallest absolute Gasteiger partial charge is 0.303 e. The molecular formula is C29H35FN4O3S. The maximum absolute atomic E-state index is 14.5. The highest BCUT2D eigenvalue weighted by atomic mass is 32.2. The standard InChI is InChI=1S/C29H35FN4O3S/c1-32(2)38(36,37)34(28-13-7-6-12-27(28)30)21-23-14-16-24(17-15-23)29(35)31-20-25-10-4-5-11-26(25)22-33-18-8-3-9-19-33/h4-7,10-17H,3,8-9,18-22H2,1-2H3,(H,31,35). The minimum atomic E-state index is -3.95. The molecule has 9 heteroatoms. The zero-order valence-electron chi connectivity index (χ0n) is 21.9. The molecular weight excluding hydrogens is 503 g/mol. The third kappa shape index (κ3) is 6.78. The highest BCUT2D eigenvalue weighted by Gasteiger charge is 2.27. The molecule has 1 saturated heterocycles. The molecule has 0 aromatic heterocycles. The number of hydrogen-bond acceptors (Lipinski definition) is 4. The summed E-state index contributed by atoms with van der Waals surface area (Å²) in [5, 5.41) is 3.01. The van der Waals surface area contributed by atoms with Gasteiger partial charge in [0.1, 0.15) is 5.82 Å². The molecule has 4 rings (SSSR count). The first-order valence-electron chi connectivity index (χ1n) is 12.9. The first kappa shape index (κ1) is 27.8. The van der Waals surface area contributed by atoms with Crippen molar-refractivity contribution in [2.24, 2.45) is 0 Å². The third-order valence-electron chi connectivity index (χ3n) is 6.80. The maximum atomic E-state index is 14.5. The number of likely N-dealkylation sites (tertiary alicyclic amines) is 1. The number of anilines is 1. The van der Waals surface area contributed by atoms with Gasteiger partial charge in [0.05, 0.1) is 12.2 Å². The topological polar surface area (TPSA) is 73.0 Å². The van der Waals surface area contributed by atoms with Crippen LogP contribution in [0, 0.1) is 5.82 Å². The van der Waals surface area contributed by atoms with Gasteiger partial charge in [-0.25, -0.2) is 4.39 Å². The molecule has 0 radical (unpaired) electrons. The molecule has 0 atom stereocenters. The summed E-state index contributed by atoms with van der Waals surface area (Å²) < 4.78 is 42.5. The number of hydrogen-bond donors (Lipinski definition) is 1. The van der Waals surface area contributed by atoms with Gasteiger partial charge in [0.25, 0.3) is 5.91 Å². The first-order chi connectivity index (χ1) is 18.3. The van der Waals surface area contributed by atoms with Crippen LogP contribution >= 0.6 is 0 Å². The summed E-state index contributed by atoms with van der Waals surface area (Å²) in [6, 6.07) is 20.7. The Bertz CT molecular complexity index is 1340. The largest absolute Gasteiger partial charge is 0.348 e. The Balaban J connectivity index is 1.43. The van der Waals surface area contributed by atoms with Crippen molar-refractivity contribution in [1.82, 2.24) is 14.5 Å². The van der Waals surface area contributed by atoms with E-state index in [9.17, 15) is 17.6 Å². The number of nitrogens with one attached hydrogen (secondary N) is 1. The lowest BCUT2D eigenvalue weighted by atomic mass is 10.0. The molecule has 0 bridgehead atoms. The average Bonchev–Trinajstić information content (AvgIpc) is 2.92. The van der Waals surface area contributed by atoms with Gasteiger partial charge >= 0.3 is 10.2 Å². The number of benzene rings is 3. The van der Waals surface area contributed by atoms with Gasteiger partial charge in [-0.15, -0.1) is 0 Å². The van der Waals surface area contributed by atoms with Crippen LogP contribution in [0.4, 0.5) is 10.1 Å². The average molecular weight is 539 g/mol. The fraction of sp³-hybridized carbons (Fsp3) is 0.345. The van der Waals surface area contributed by atoms with Crippen molar-refractivity contribution >= 4 is 21.8 Å². The van der Waals surface area contributed by atoms with Gasteiger partial charge in [-0.2, -0.15) is 12.7 Å². The zero-order chi connectivity index (χ0) is 27.1. The summed E-state index contributed by atoms with van der Waals surface area (Å²) in [6.07, 6.45) is 3.75. The van der Waals surface area contributed by atoms with Gasteiger partial charge in [-0.3, -0.25) is 14.0 Å². The van der Waals surface area contributed by atoms with Crippen LogP contribution in [-0.4, -0.2) is 50.7 Å². The first-order valence-corrected chi connectivity index (χ1v) is 14.3. The van der Waals surface area contributed by atoms with E-state index in [0.717, 1.165) is 33.8 Å². The van der Waals surface area contributed by atoms with E-state index in [-0.39, 0.29) is 18.1 Å². The molecule has 0 saturated carbocycles. The zero-order valence-corrected chi connectivity index (χ0v) is 22.8. The number of amides is 1. The van der Waals surface area contributed by atoms with E-state index in [0.29, 0.717) is 17.7 Å². The normalized spacial score (nSPS) is 14.4. The van der Waals surface area contributed by atoms with Crippen LogP contribution in [0.2, 0.25) is 0 Å². The van der Waals surface area contributed by atoms with E-state index < -0.39 is 16.0 Å². The predicted molar refractivity (Wildman–Crippen MR) is 148 cm³/mol. The number of rotatable bonds is 10. The highest BCUT2D eigenvalue weighted by Crippen LogP contribution is 2.25. The van der Waals surface area contributed by atoms with Crippen molar-refractivity contribution in [2.45, 2.75) is 38.9 Å². The van der Waals surface area contributed by atoms with Crippen molar-refractivity contribution in [1.29, 1.82) is 0 Å². The lowest BCUT2D eigenvalue weighted by Crippen LogP contribution is -2.40. The Morgan fingerprint density at radius 2 is 1.53 bits per heavy atom. The van der Waals surface area contributed by atoms with Crippen molar-refractivity contribution in [3.63, 3.8) is 0 Å². The summed E-state index contributed by atoms with van der Waals surface area (Å²) in [6.45, 7) is 3.45. The Morgan fingerprint density at radius 1 is 0.895 bits per heavy atom. The monoisotopic (exact) mass is 538 g/mol. The number of carbonyl (C=O) groups is 1. The quantitative estimate of drug-likeness (QED) is 0.411. The fourth-order valence-electron chi connectivity index (χ4n) is 4.59. The summed E-state index contributed by atoms with van der Waals surface area (Å²) in [5.74, 6) is -0.842. The predicted octanol–water partition coefficient (Wildman–Crippen LogP) is 4.55. The molecule has 0 spiro atoms. The molecule has 202 valence electrons. The second-order valence-corrected chi connectivity index (χ2v) is 11.8. The number of carbonyl (C=O) groups excluding carboxylic acids is 1. The van der Waals surface area contributed by atoms with E-state index in [1.807, 2.05) is 18.2 Å². The Labute approximate surface area is 225 Å². The summed E-state index contributed by atoms with van der Waals surface area (Å²) in [5.41, 5.74) is 3.38. The van der Waals surface area contributed by atoms with E-state index in [4.69, 9.17) is 0 Å². The minimum Gasteiger partial charge on any atom is -0.348 e. The molecule has 1 aliphatic rings. The van der Waals surface area contributed by atoms with Crippen LogP contribution in [0.3, 0.4) is 0 Å². The van der Waals surface area contributed by atoms with E-state index >= 15 is 0 Å². The molecule has 1 fully saturated rings. The van der Waals surface area contributed by atoms with Gasteiger partial charge in [0.15, 0.2) is 0 Å². The molecule has 3 aromatic rings. The molecule has 38 heavy (non-hydrogen) atoms. The molecule has 0 unspecified atom stereocenters. The van der Waals surface area contributed by atoms with Gasteiger partial charge in [0, 0.05) is 32.7 Å². The number of nitrogens with zero attached hydrogens (tertiary/aromatic N) is 3. The van der Waals surface area contributed by atoms with Gasteiger partial charge in [0.2, 0.25) is 0 Å². The molecule has 0 aliphatic carbocycles. The Hall–Kier alpha value is -3.27. The lowest BCUT2D eigenvalue weighted by molar-refractivity contribution is 0.0950. The highest BCUT2D eigenvalue weighted by molar-refractivity contribution is 7.90. The molecule has 1 heterocycles. The molecule has 1 amide bonds. The number of para-hydroxylation sites is 1. The van der Waals surface area contributed by atoms with E-state index in [1.54, 1.807) is 30.3 Å². The van der Waals surface area contributed by atoms with E-state index in [2.05, 4.69) is 16.3 Å².